The van der Waals surface area contributed by atoms with Gasteiger partial charge in [-0.15, -0.1) is 11.3 Å². The van der Waals surface area contributed by atoms with Crippen molar-refractivity contribution in [2.45, 2.75) is 23.2 Å². The molecule has 0 saturated heterocycles. The Morgan fingerprint density at radius 3 is 2.59 bits per heavy atom. The summed E-state index contributed by atoms with van der Waals surface area (Å²) in [7, 11) is -2.15. The fraction of sp³-hybridized carbons (Fsp3) is 0.267. The molecule has 3 rings (SSSR count). The monoisotopic (exact) mass is 336 g/mol. The molecule has 1 amide bonds. The van der Waals surface area contributed by atoms with Gasteiger partial charge in [-0.1, -0.05) is 30.3 Å². The maximum absolute atomic E-state index is 12.8. The molecule has 0 spiro atoms. The number of amides is 1. The number of nitrogens with zero attached hydrogens (tertiary/aromatic N) is 1. The van der Waals surface area contributed by atoms with E-state index in [4.69, 9.17) is 0 Å². The van der Waals surface area contributed by atoms with Crippen molar-refractivity contribution in [1.82, 2.24) is 9.62 Å². The second-order valence-electron chi connectivity index (χ2n) is 5.09. The topological polar surface area (TPSA) is 66.5 Å². The molecule has 0 saturated carbocycles. The Morgan fingerprint density at radius 2 is 1.95 bits per heavy atom. The summed E-state index contributed by atoms with van der Waals surface area (Å²) in [5.41, 5.74) is 1.97. The van der Waals surface area contributed by atoms with Crippen LogP contribution in [0.1, 0.15) is 11.1 Å². The van der Waals surface area contributed by atoms with E-state index >= 15 is 0 Å². The molecule has 5 nitrogen and oxygen atoms in total. The number of thiophene rings is 1. The number of nitrogens with one attached hydrogen (secondary N) is 1. The predicted octanol–water partition coefficient (Wildman–Crippen LogP) is 1.61. The summed E-state index contributed by atoms with van der Waals surface area (Å²) in [5, 5.41) is 4.29. The lowest BCUT2D eigenvalue weighted by atomic mass is 9.95. The van der Waals surface area contributed by atoms with Gasteiger partial charge in [0.15, 0.2) is 0 Å². The van der Waals surface area contributed by atoms with Crippen molar-refractivity contribution in [1.29, 1.82) is 0 Å². The Bertz CT molecular complexity index is 785. The van der Waals surface area contributed by atoms with Crippen molar-refractivity contribution in [3.05, 3.63) is 52.9 Å². The fourth-order valence-electron chi connectivity index (χ4n) is 2.67. The van der Waals surface area contributed by atoms with E-state index in [0.29, 0.717) is 6.42 Å². The highest BCUT2D eigenvalue weighted by Crippen LogP contribution is 2.30. The molecule has 7 heteroatoms. The number of benzene rings is 1. The molecule has 1 aromatic heterocycles. The van der Waals surface area contributed by atoms with Gasteiger partial charge in [0.1, 0.15) is 10.3 Å². The Kier molecular flexibility index (Phi) is 4.03. The third-order valence-corrected chi connectivity index (χ3v) is 7.04. The van der Waals surface area contributed by atoms with E-state index in [9.17, 15) is 13.2 Å². The first-order chi connectivity index (χ1) is 10.5. The fourth-order valence-corrected chi connectivity index (χ4v) is 5.35. The minimum atomic E-state index is -3.67. The summed E-state index contributed by atoms with van der Waals surface area (Å²) >= 11 is 1.16. The molecular formula is C15H16N2O3S2. The largest absolute Gasteiger partial charge is 0.358 e. The zero-order chi connectivity index (χ0) is 15.7. The van der Waals surface area contributed by atoms with Crippen LogP contribution in [0.4, 0.5) is 0 Å². The Hall–Kier alpha value is -1.70. The Labute approximate surface area is 133 Å². The van der Waals surface area contributed by atoms with Crippen molar-refractivity contribution in [2.24, 2.45) is 0 Å². The first-order valence-corrected chi connectivity index (χ1v) is 9.19. The van der Waals surface area contributed by atoms with Gasteiger partial charge in [0.25, 0.3) is 10.0 Å². The molecule has 1 atom stereocenters. The van der Waals surface area contributed by atoms with Crippen LogP contribution in [-0.2, 0) is 27.8 Å². The van der Waals surface area contributed by atoms with Crippen molar-refractivity contribution in [3.63, 3.8) is 0 Å². The van der Waals surface area contributed by atoms with Gasteiger partial charge >= 0.3 is 0 Å². The Morgan fingerprint density at radius 1 is 1.23 bits per heavy atom. The summed E-state index contributed by atoms with van der Waals surface area (Å²) < 4.78 is 27.3. The molecule has 2 aromatic rings. The molecule has 0 radical (unpaired) electrons. The summed E-state index contributed by atoms with van der Waals surface area (Å²) in [5.74, 6) is -0.283. The van der Waals surface area contributed by atoms with Crippen LogP contribution < -0.4 is 5.32 Å². The summed E-state index contributed by atoms with van der Waals surface area (Å²) in [6.07, 6.45) is 0.389. The number of carbonyl (C=O) groups is 1. The molecule has 116 valence electrons. The Balaban J connectivity index is 2.06. The summed E-state index contributed by atoms with van der Waals surface area (Å²) in [6, 6.07) is 10.2. The van der Waals surface area contributed by atoms with Gasteiger partial charge in [0.05, 0.1) is 0 Å². The molecule has 0 bridgehead atoms. The minimum absolute atomic E-state index is 0.217. The third-order valence-electron chi connectivity index (χ3n) is 3.81. The lowest BCUT2D eigenvalue weighted by molar-refractivity contribution is -0.124. The standard InChI is InChI=1S/C15H16N2O3S2/c1-16-15(18)13-9-11-5-2-3-6-12(11)10-17(13)22(19,20)14-7-4-8-21-14/h2-8,13H,9-10H2,1H3,(H,16,18). The van der Waals surface area contributed by atoms with Crippen LogP contribution in [0.25, 0.3) is 0 Å². The van der Waals surface area contributed by atoms with Crippen LogP contribution in [0.15, 0.2) is 46.0 Å². The summed E-state index contributed by atoms with van der Waals surface area (Å²) in [6.45, 7) is 0.217. The van der Waals surface area contributed by atoms with Crippen molar-refractivity contribution < 1.29 is 13.2 Å². The second-order valence-corrected chi connectivity index (χ2v) is 8.15. The third kappa shape index (κ3) is 2.55. The van der Waals surface area contributed by atoms with Crippen LogP contribution in [0, 0.1) is 0 Å². The zero-order valence-electron chi connectivity index (χ0n) is 12.0. The minimum Gasteiger partial charge on any atom is -0.358 e. The van der Waals surface area contributed by atoms with Gasteiger partial charge in [-0.2, -0.15) is 4.31 Å². The van der Waals surface area contributed by atoms with Crippen molar-refractivity contribution in [2.75, 3.05) is 7.05 Å². The van der Waals surface area contributed by atoms with Gasteiger partial charge in [0.2, 0.25) is 5.91 Å². The number of hydrogen-bond donors (Lipinski definition) is 1. The van der Waals surface area contributed by atoms with E-state index in [1.165, 1.54) is 11.4 Å². The van der Waals surface area contributed by atoms with E-state index in [-0.39, 0.29) is 16.7 Å². The molecule has 1 unspecified atom stereocenters. The number of rotatable bonds is 3. The molecule has 0 aliphatic carbocycles. The molecule has 2 heterocycles. The number of likely N-dealkylation sites (N-methyl/N-ethyl adjacent to an activating group) is 1. The van der Waals surface area contributed by atoms with Crippen LogP contribution in [0.3, 0.4) is 0 Å². The van der Waals surface area contributed by atoms with E-state index in [1.54, 1.807) is 17.5 Å². The number of sulfonamides is 1. The number of hydrogen-bond acceptors (Lipinski definition) is 4. The van der Waals surface area contributed by atoms with Crippen molar-refractivity contribution >= 4 is 27.3 Å². The predicted molar refractivity (Wildman–Crippen MR) is 85.0 cm³/mol. The van der Waals surface area contributed by atoms with Gasteiger partial charge in [-0.25, -0.2) is 8.42 Å². The van der Waals surface area contributed by atoms with E-state index in [2.05, 4.69) is 5.32 Å². The van der Waals surface area contributed by atoms with Gasteiger partial charge < -0.3 is 5.32 Å². The highest BCUT2D eigenvalue weighted by Gasteiger charge is 2.39. The maximum atomic E-state index is 12.8. The van der Waals surface area contributed by atoms with E-state index in [0.717, 1.165) is 22.5 Å². The lowest BCUT2D eigenvalue weighted by Crippen LogP contribution is -2.51. The highest BCUT2D eigenvalue weighted by molar-refractivity contribution is 7.91. The molecule has 22 heavy (non-hydrogen) atoms. The second kappa shape index (κ2) is 5.83. The molecule has 1 N–H and O–H groups in total. The SMILES string of the molecule is CNC(=O)C1Cc2ccccc2CN1S(=O)(=O)c1cccs1. The van der Waals surface area contributed by atoms with Crippen LogP contribution in [0.5, 0.6) is 0 Å². The highest BCUT2D eigenvalue weighted by atomic mass is 32.2. The van der Waals surface area contributed by atoms with Crippen LogP contribution in [-0.4, -0.2) is 31.7 Å². The van der Waals surface area contributed by atoms with Crippen LogP contribution in [0.2, 0.25) is 0 Å². The van der Waals surface area contributed by atoms with E-state index in [1.807, 2.05) is 24.3 Å². The van der Waals surface area contributed by atoms with Gasteiger partial charge in [0, 0.05) is 13.6 Å². The van der Waals surface area contributed by atoms with Gasteiger partial charge in [-0.3, -0.25) is 4.79 Å². The first kappa shape index (κ1) is 15.2. The van der Waals surface area contributed by atoms with Gasteiger partial charge in [-0.05, 0) is 29.0 Å². The summed E-state index contributed by atoms with van der Waals surface area (Å²) in [4.78, 5) is 12.2. The van der Waals surface area contributed by atoms with E-state index < -0.39 is 16.1 Å². The quantitative estimate of drug-likeness (QED) is 0.926. The van der Waals surface area contributed by atoms with Crippen molar-refractivity contribution in [3.8, 4) is 0 Å². The zero-order valence-corrected chi connectivity index (χ0v) is 13.7. The smallest absolute Gasteiger partial charge is 0.253 e. The molecule has 1 aliphatic heterocycles. The molecule has 0 fully saturated rings. The number of carbonyl (C=O) groups excluding carboxylic acids is 1. The average molecular weight is 336 g/mol. The number of fused-ring (bicyclic) bond motifs is 1. The average Bonchev–Trinajstić information content (AvgIpc) is 3.08. The van der Waals surface area contributed by atoms with Crippen LogP contribution >= 0.6 is 11.3 Å². The maximum Gasteiger partial charge on any atom is 0.253 e. The lowest BCUT2D eigenvalue weighted by Gasteiger charge is -2.34. The normalized spacial score (nSPS) is 18.7. The first-order valence-electron chi connectivity index (χ1n) is 6.88. The molecule has 1 aliphatic rings. The molecular weight excluding hydrogens is 320 g/mol. The molecule has 1 aromatic carbocycles.